The smallest absolute Gasteiger partial charge is 0.236 e. The number of rotatable bonds is 5. The van der Waals surface area contributed by atoms with Crippen LogP contribution in [0, 0.1) is 0 Å². The maximum absolute atomic E-state index is 11.9. The van der Waals surface area contributed by atoms with Crippen molar-refractivity contribution >= 4 is 5.91 Å². The highest BCUT2D eigenvalue weighted by Crippen LogP contribution is 2.17. The quantitative estimate of drug-likeness (QED) is 0.847. The Kier molecular flexibility index (Phi) is 5.16. The van der Waals surface area contributed by atoms with Gasteiger partial charge in [0.1, 0.15) is 0 Å². The zero-order valence-electron chi connectivity index (χ0n) is 11.1. The number of hydrogen-bond acceptors (Lipinski definition) is 2. The number of benzene rings is 1. The first kappa shape index (κ1) is 13.7. The Morgan fingerprint density at radius 2 is 1.82 bits per heavy atom. The summed E-state index contributed by atoms with van der Waals surface area (Å²) in [6.07, 6.45) is 0. The Hall–Kier alpha value is -1.35. The third-order valence-corrected chi connectivity index (χ3v) is 2.92. The molecule has 1 unspecified atom stereocenters. The number of nitrogens with zero attached hydrogens (tertiary/aromatic N) is 1. The van der Waals surface area contributed by atoms with E-state index in [9.17, 15) is 4.79 Å². The number of carbonyl (C=O) groups excluding carboxylic acids is 1. The van der Waals surface area contributed by atoms with Crippen LogP contribution in [0.15, 0.2) is 30.3 Å². The second-order valence-corrected chi connectivity index (χ2v) is 4.63. The van der Waals surface area contributed by atoms with Crippen LogP contribution in [0.1, 0.15) is 32.4 Å². The third kappa shape index (κ3) is 4.19. The van der Waals surface area contributed by atoms with Gasteiger partial charge in [-0.05, 0) is 12.5 Å². The second kappa shape index (κ2) is 6.40. The zero-order valence-corrected chi connectivity index (χ0v) is 11.1. The molecule has 0 bridgehead atoms. The summed E-state index contributed by atoms with van der Waals surface area (Å²) in [5, 5.41) is 3.14. The van der Waals surface area contributed by atoms with Crippen LogP contribution < -0.4 is 5.32 Å². The van der Waals surface area contributed by atoms with E-state index < -0.39 is 0 Å². The van der Waals surface area contributed by atoms with E-state index in [0.29, 0.717) is 12.6 Å². The van der Waals surface area contributed by atoms with Crippen LogP contribution in [-0.4, -0.2) is 30.4 Å². The van der Waals surface area contributed by atoms with Crippen molar-refractivity contribution in [3.63, 3.8) is 0 Å². The van der Waals surface area contributed by atoms with Gasteiger partial charge >= 0.3 is 0 Å². The summed E-state index contributed by atoms with van der Waals surface area (Å²) in [7, 11) is 1.85. The molecule has 1 aromatic rings. The Balaban J connectivity index is 2.57. The highest BCUT2D eigenvalue weighted by atomic mass is 16.2. The van der Waals surface area contributed by atoms with Gasteiger partial charge in [-0.1, -0.05) is 44.2 Å². The van der Waals surface area contributed by atoms with Crippen LogP contribution in [0.2, 0.25) is 0 Å². The van der Waals surface area contributed by atoms with Crippen molar-refractivity contribution in [2.45, 2.75) is 32.9 Å². The number of nitrogens with one attached hydrogen (secondary N) is 1. The molecule has 3 nitrogen and oxygen atoms in total. The number of hydrogen-bond donors (Lipinski definition) is 1. The third-order valence-electron chi connectivity index (χ3n) is 2.92. The van der Waals surface area contributed by atoms with E-state index in [4.69, 9.17) is 0 Å². The lowest BCUT2D eigenvalue weighted by Crippen LogP contribution is -2.39. The molecule has 0 saturated heterocycles. The summed E-state index contributed by atoms with van der Waals surface area (Å²) in [5.41, 5.74) is 1.16. The number of carbonyl (C=O) groups is 1. The van der Waals surface area contributed by atoms with E-state index in [1.54, 1.807) is 4.90 Å². The van der Waals surface area contributed by atoms with Crippen molar-refractivity contribution in [3.8, 4) is 0 Å². The van der Waals surface area contributed by atoms with E-state index >= 15 is 0 Å². The largest absolute Gasteiger partial charge is 0.338 e. The van der Waals surface area contributed by atoms with Gasteiger partial charge in [0, 0.05) is 13.1 Å². The molecule has 0 aromatic heterocycles. The van der Waals surface area contributed by atoms with Crippen LogP contribution in [0.4, 0.5) is 0 Å². The van der Waals surface area contributed by atoms with Gasteiger partial charge in [0.15, 0.2) is 0 Å². The molecule has 1 atom stereocenters. The minimum Gasteiger partial charge on any atom is -0.338 e. The summed E-state index contributed by atoms with van der Waals surface area (Å²) in [6, 6.07) is 10.5. The molecule has 0 fully saturated rings. The van der Waals surface area contributed by atoms with E-state index in [1.165, 1.54) is 0 Å². The average molecular weight is 234 g/mol. The van der Waals surface area contributed by atoms with Crippen molar-refractivity contribution < 1.29 is 4.79 Å². The minimum atomic E-state index is 0.109. The summed E-state index contributed by atoms with van der Waals surface area (Å²) < 4.78 is 0. The van der Waals surface area contributed by atoms with Crippen molar-refractivity contribution in [1.29, 1.82) is 0 Å². The Bertz CT molecular complexity index is 348. The van der Waals surface area contributed by atoms with Gasteiger partial charge in [-0.2, -0.15) is 0 Å². The van der Waals surface area contributed by atoms with Gasteiger partial charge in [0.25, 0.3) is 0 Å². The maximum atomic E-state index is 11.9. The van der Waals surface area contributed by atoms with Crippen LogP contribution in [-0.2, 0) is 4.79 Å². The van der Waals surface area contributed by atoms with Crippen LogP contribution >= 0.6 is 0 Å². The fraction of sp³-hybridized carbons (Fsp3) is 0.500. The fourth-order valence-electron chi connectivity index (χ4n) is 1.59. The molecular formula is C14H22N2O. The molecule has 1 amide bonds. The highest BCUT2D eigenvalue weighted by molar-refractivity contribution is 5.78. The lowest BCUT2D eigenvalue weighted by atomic mass is 10.1. The summed E-state index contributed by atoms with van der Waals surface area (Å²) in [4.78, 5) is 13.7. The fourth-order valence-corrected chi connectivity index (χ4v) is 1.59. The van der Waals surface area contributed by atoms with Gasteiger partial charge in [0.05, 0.1) is 12.6 Å². The van der Waals surface area contributed by atoms with E-state index in [1.807, 2.05) is 58.2 Å². The first-order valence-electron chi connectivity index (χ1n) is 6.06. The first-order chi connectivity index (χ1) is 8.02. The summed E-state index contributed by atoms with van der Waals surface area (Å²) >= 11 is 0. The monoisotopic (exact) mass is 234 g/mol. The Morgan fingerprint density at radius 3 is 2.35 bits per heavy atom. The van der Waals surface area contributed by atoms with Crippen LogP contribution in [0.25, 0.3) is 0 Å². The molecule has 3 heteroatoms. The number of amides is 1. The molecular weight excluding hydrogens is 212 g/mol. The van der Waals surface area contributed by atoms with Gasteiger partial charge in [-0.15, -0.1) is 0 Å². The highest BCUT2D eigenvalue weighted by Gasteiger charge is 2.16. The van der Waals surface area contributed by atoms with E-state index in [2.05, 4.69) is 5.32 Å². The SMILES string of the molecule is CC(C)NCC(=O)N(C)C(C)c1ccccc1. The summed E-state index contributed by atoms with van der Waals surface area (Å²) in [6.45, 7) is 6.51. The van der Waals surface area contributed by atoms with Crippen LogP contribution in [0.5, 0.6) is 0 Å². The Morgan fingerprint density at radius 1 is 1.24 bits per heavy atom. The molecule has 17 heavy (non-hydrogen) atoms. The molecule has 0 spiro atoms. The molecule has 0 radical (unpaired) electrons. The first-order valence-corrected chi connectivity index (χ1v) is 6.06. The van der Waals surface area contributed by atoms with E-state index in [-0.39, 0.29) is 11.9 Å². The topological polar surface area (TPSA) is 32.3 Å². The molecule has 0 aliphatic carbocycles. The Labute approximate surface area is 104 Å². The van der Waals surface area contributed by atoms with Crippen LogP contribution in [0.3, 0.4) is 0 Å². The van der Waals surface area contributed by atoms with Crippen molar-refractivity contribution in [1.82, 2.24) is 10.2 Å². The molecule has 94 valence electrons. The van der Waals surface area contributed by atoms with E-state index in [0.717, 1.165) is 5.56 Å². The van der Waals surface area contributed by atoms with Crippen molar-refractivity contribution in [2.75, 3.05) is 13.6 Å². The molecule has 1 N–H and O–H groups in total. The predicted octanol–water partition coefficient (Wildman–Crippen LogP) is 2.20. The number of likely N-dealkylation sites (N-methyl/N-ethyl adjacent to an activating group) is 1. The minimum absolute atomic E-state index is 0.109. The molecule has 0 heterocycles. The normalized spacial score (nSPS) is 12.5. The summed E-state index contributed by atoms with van der Waals surface area (Å²) in [5.74, 6) is 0.120. The molecule has 0 aliphatic rings. The average Bonchev–Trinajstić information content (AvgIpc) is 2.35. The molecule has 1 rings (SSSR count). The predicted molar refractivity (Wildman–Crippen MR) is 70.8 cm³/mol. The molecule has 0 aliphatic heterocycles. The lowest BCUT2D eigenvalue weighted by molar-refractivity contribution is -0.130. The van der Waals surface area contributed by atoms with Gasteiger partial charge in [-0.25, -0.2) is 0 Å². The van der Waals surface area contributed by atoms with Gasteiger partial charge in [-0.3, -0.25) is 4.79 Å². The van der Waals surface area contributed by atoms with Crippen molar-refractivity contribution in [2.24, 2.45) is 0 Å². The molecule has 0 saturated carbocycles. The standard InChI is InChI=1S/C14H22N2O/c1-11(2)15-10-14(17)16(4)12(3)13-8-6-5-7-9-13/h5-9,11-12,15H,10H2,1-4H3. The zero-order chi connectivity index (χ0) is 12.8. The van der Waals surface area contributed by atoms with Crippen molar-refractivity contribution in [3.05, 3.63) is 35.9 Å². The lowest BCUT2D eigenvalue weighted by Gasteiger charge is -2.26. The second-order valence-electron chi connectivity index (χ2n) is 4.63. The molecule has 1 aromatic carbocycles. The van der Waals surface area contributed by atoms with Gasteiger partial charge < -0.3 is 10.2 Å². The van der Waals surface area contributed by atoms with Gasteiger partial charge in [0.2, 0.25) is 5.91 Å². The maximum Gasteiger partial charge on any atom is 0.236 e.